The average molecular weight is 254 g/mol. The lowest BCUT2D eigenvalue weighted by atomic mass is 9.84. The summed E-state index contributed by atoms with van der Waals surface area (Å²) in [5, 5.41) is 3.73. The van der Waals surface area contributed by atoms with Gasteiger partial charge in [0.25, 0.3) is 0 Å². The van der Waals surface area contributed by atoms with E-state index >= 15 is 0 Å². The van der Waals surface area contributed by atoms with Crippen molar-refractivity contribution in [2.75, 3.05) is 26.2 Å². The molecule has 1 atom stereocenters. The van der Waals surface area contributed by atoms with E-state index in [-0.39, 0.29) is 0 Å². The standard InChI is InChI=1S/C16H34N2/c1-6-11-17-15(16(3,4)5)10-12-18(7-2)13-14-8-9-14/h14-15,17H,6-13H2,1-5H3. The van der Waals surface area contributed by atoms with Crippen LogP contribution in [0.5, 0.6) is 0 Å². The summed E-state index contributed by atoms with van der Waals surface area (Å²) in [6, 6.07) is 0.644. The maximum atomic E-state index is 3.73. The molecule has 0 spiro atoms. The average Bonchev–Trinajstić information content (AvgIpc) is 3.09. The predicted octanol–water partition coefficient (Wildman–Crippen LogP) is 3.52. The molecule has 1 aliphatic rings. The lowest BCUT2D eigenvalue weighted by molar-refractivity contribution is 0.204. The van der Waals surface area contributed by atoms with Crippen molar-refractivity contribution in [3.8, 4) is 0 Å². The van der Waals surface area contributed by atoms with Crippen LogP contribution in [0.3, 0.4) is 0 Å². The van der Waals surface area contributed by atoms with Crippen molar-refractivity contribution in [1.82, 2.24) is 10.2 Å². The molecule has 0 aromatic heterocycles. The summed E-state index contributed by atoms with van der Waals surface area (Å²) in [4.78, 5) is 2.64. The van der Waals surface area contributed by atoms with Gasteiger partial charge < -0.3 is 10.2 Å². The van der Waals surface area contributed by atoms with E-state index in [1.54, 1.807) is 0 Å². The number of rotatable bonds is 9. The van der Waals surface area contributed by atoms with Crippen LogP contribution in [-0.2, 0) is 0 Å². The van der Waals surface area contributed by atoms with Crippen LogP contribution in [0.1, 0.15) is 60.3 Å². The smallest absolute Gasteiger partial charge is 0.0128 e. The molecule has 0 aromatic carbocycles. The predicted molar refractivity (Wildman–Crippen MR) is 81.0 cm³/mol. The Hall–Kier alpha value is -0.0800. The normalized spacial score (nSPS) is 18.3. The molecule has 2 nitrogen and oxygen atoms in total. The number of hydrogen-bond donors (Lipinski definition) is 1. The first-order valence-corrected chi connectivity index (χ1v) is 7.93. The summed E-state index contributed by atoms with van der Waals surface area (Å²) in [5.74, 6) is 1.02. The van der Waals surface area contributed by atoms with Crippen molar-refractivity contribution < 1.29 is 0 Å². The Morgan fingerprint density at radius 1 is 1.22 bits per heavy atom. The maximum Gasteiger partial charge on any atom is 0.0128 e. The molecule has 1 aliphatic carbocycles. The fourth-order valence-electron chi connectivity index (χ4n) is 2.52. The molecule has 0 amide bonds. The molecule has 18 heavy (non-hydrogen) atoms. The van der Waals surface area contributed by atoms with Crippen LogP contribution in [0, 0.1) is 11.3 Å². The van der Waals surface area contributed by atoms with E-state index in [0.29, 0.717) is 11.5 Å². The zero-order valence-corrected chi connectivity index (χ0v) is 13.3. The fourth-order valence-corrected chi connectivity index (χ4v) is 2.52. The monoisotopic (exact) mass is 254 g/mol. The van der Waals surface area contributed by atoms with Gasteiger partial charge in [0.1, 0.15) is 0 Å². The summed E-state index contributed by atoms with van der Waals surface area (Å²) in [5.41, 5.74) is 0.369. The van der Waals surface area contributed by atoms with E-state index in [2.05, 4.69) is 44.8 Å². The fraction of sp³-hybridized carbons (Fsp3) is 1.00. The minimum Gasteiger partial charge on any atom is -0.313 e. The van der Waals surface area contributed by atoms with Gasteiger partial charge in [0, 0.05) is 12.6 Å². The van der Waals surface area contributed by atoms with Crippen molar-refractivity contribution in [2.45, 2.75) is 66.3 Å². The molecule has 108 valence electrons. The van der Waals surface area contributed by atoms with Gasteiger partial charge in [0.05, 0.1) is 0 Å². The lowest BCUT2D eigenvalue weighted by Crippen LogP contribution is -2.43. The van der Waals surface area contributed by atoms with Gasteiger partial charge in [-0.1, -0.05) is 34.6 Å². The van der Waals surface area contributed by atoms with Crippen molar-refractivity contribution in [3.63, 3.8) is 0 Å². The minimum absolute atomic E-state index is 0.369. The van der Waals surface area contributed by atoms with E-state index in [0.717, 1.165) is 12.5 Å². The second-order valence-corrected chi connectivity index (χ2v) is 7.00. The zero-order chi connectivity index (χ0) is 13.6. The van der Waals surface area contributed by atoms with Gasteiger partial charge in [-0.3, -0.25) is 0 Å². The Morgan fingerprint density at radius 3 is 2.33 bits per heavy atom. The van der Waals surface area contributed by atoms with Gasteiger partial charge >= 0.3 is 0 Å². The summed E-state index contributed by atoms with van der Waals surface area (Å²) in [6.45, 7) is 16.6. The maximum absolute atomic E-state index is 3.73. The summed E-state index contributed by atoms with van der Waals surface area (Å²) < 4.78 is 0. The lowest BCUT2D eigenvalue weighted by Gasteiger charge is -2.33. The molecule has 0 aliphatic heterocycles. The summed E-state index contributed by atoms with van der Waals surface area (Å²) in [6.07, 6.45) is 5.44. The zero-order valence-electron chi connectivity index (χ0n) is 13.3. The van der Waals surface area contributed by atoms with E-state index < -0.39 is 0 Å². The van der Waals surface area contributed by atoms with Gasteiger partial charge in [0.2, 0.25) is 0 Å². The molecular weight excluding hydrogens is 220 g/mol. The number of nitrogens with zero attached hydrogens (tertiary/aromatic N) is 1. The molecule has 0 heterocycles. The van der Waals surface area contributed by atoms with Crippen LogP contribution < -0.4 is 5.32 Å². The molecule has 0 radical (unpaired) electrons. The van der Waals surface area contributed by atoms with Gasteiger partial charge in [-0.05, 0) is 56.7 Å². The van der Waals surface area contributed by atoms with Crippen molar-refractivity contribution in [3.05, 3.63) is 0 Å². The van der Waals surface area contributed by atoms with Gasteiger partial charge in [-0.15, -0.1) is 0 Å². The molecule has 0 aromatic rings. The molecule has 1 rings (SSSR count). The highest BCUT2D eigenvalue weighted by Gasteiger charge is 2.26. The molecule has 2 heteroatoms. The van der Waals surface area contributed by atoms with E-state index in [9.17, 15) is 0 Å². The quantitative estimate of drug-likeness (QED) is 0.677. The van der Waals surface area contributed by atoms with Crippen LogP contribution in [0.2, 0.25) is 0 Å². The SMILES string of the molecule is CCCNC(CCN(CC)CC1CC1)C(C)(C)C. The second kappa shape index (κ2) is 7.49. The molecule has 1 fully saturated rings. The van der Waals surface area contributed by atoms with Gasteiger partial charge in [0.15, 0.2) is 0 Å². The molecule has 0 saturated heterocycles. The molecular formula is C16H34N2. The van der Waals surface area contributed by atoms with Crippen LogP contribution in [0.4, 0.5) is 0 Å². The van der Waals surface area contributed by atoms with Crippen LogP contribution in [0.25, 0.3) is 0 Å². The first-order chi connectivity index (χ1) is 8.47. The summed E-state index contributed by atoms with van der Waals surface area (Å²) >= 11 is 0. The first kappa shape index (κ1) is 16.0. The number of nitrogens with one attached hydrogen (secondary N) is 1. The first-order valence-electron chi connectivity index (χ1n) is 7.93. The Labute approximate surface area is 115 Å². The molecule has 1 N–H and O–H groups in total. The van der Waals surface area contributed by atoms with Gasteiger partial charge in [-0.2, -0.15) is 0 Å². The Morgan fingerprint density at radius 2 is 1.89 bits per heavy atom. The van der Waals surface area contributed by atoms with Gasteiger partial charge in [-0.25, -0.2) is 0 Å². The highest BCUT2D eigenvalue weighted by Crippen LogP contribution is 2.30. The molecule has 0 bridgehead atoms. The number of hydrogen-bond acceptors (Lipinski definition) is 2. The Balaban J connectivity index is 2.33. The topological polar surface area (TPSA) is 15.3 Å². The van der Waals surface area contributed by atoms with Crippen LogP contribution in [0.15, 0.2) is 0 Å². The van der Waals surface area contributed by atoms with Crippen LogP contribution in [-0.4, -0.2) is 37.1 Å². The molecule has 1 unspecified atom stereocenters. The van der Waals surface area contributed by atoms with Crippen molar-refractivity contribution >= 4 is 0 Å². The Kier molecular flexibility index (Phi) is 6.65. The minimum atomic E-state index is 0.369. The van der Waals surface area contributed by atoms with Crippen molar-refractivity contribution in [1.29, 1.82) is 0 Å². The third kappa shape index (κ3) is 6.19. The summed E-state index contributed by atoms with van der Waals surface area (Å²) in [7, 11) is 0. The van der Waals surface area contributed by atoms with Crippen LogP contribution >= 0.6 is 0 Å². The largest absolute Gasteiger partial charge is 0.313 e. The van der Waals surface area contributed by atoms with E-state index in [1.807, 2.05) is 0 Å². The highest BCUT2D eigenvalue weighted by molar-refractivity contribution is 4.83. The second-order valence-electron chi connectivity index (χ2n) is 7.00. The van der Waals surface area contributed by atoms with Crippen molar-refractivity contribution in [2.24, 2.45) is 11.3 Å². The van der Waals surface area contributed by atoms with E-state index in [4.69, 9.17) is 0 Å². The third-order valence-corrected chi connectivity index (χ3v) is 4.08. The van der Waals surface area contributed by atoms with E-state index in [1.165, 1.54) is 45.3 Å². The Bertz CT molecular complexity index is 216. The third-order valence-electron chi connectivity index (χ3n) is 4.08. The highest BCUT2D eigenvalue weighted by atomic mass is 15.1. The molecule has 1 saturated carbocycles.